The van der Waals surface area contributed by atoms with Crippen molar-refractivity contribution in [3.8, 4) is 17.3 Å². The Morgan fingerprint density at radius 2 is 1.92 bits per heavy atom. The van der Waals surface area contributed by atoms with E-state index in [0.717, 1.165) is 5.69 Å². The summed E-state index contributed by atoms with van der Waals surface area (Å²) in [5.74, 6) is 0.718. The van der Waals surface area contributed by atoms with Crippen molar-refractivity contribution in [2.45, 2.75) is 6.61 Å². The van der Waals surface area contributed by atoms with Crippen molar-refractivity contribution in [3.63, 3.8) is 0 Å². The molecular formula is C18H16ClN3O4. The molecule has 1 N–H and O–H groups in total. The Kier molecular flexibility index (Phi) is 5.40. The minimum Gasteiger partial charge on any atom is -0.472 e. The number of halogens is 1. The van der Waals surface area contributed by atoms with E-state index in [0.29, 0.717) is 27.3 Å². The molecule has 0 spiro atoms. The minimum atomic E-state index is -0.885. The second-order valence-corrected chi connectivity index (χ2v) is 5.80. The standard InChI is InChI=1S/C18H16ClN3O4/c1-21(24)18(23)26-16-5-3-2-4-13(16)12-25-17-10-11-22(20-17)15-8-6-14(19)7-9-15/h2-11,24H,12H2,1H3. The number of carbonyl (C=O) groups is 1. The Hall–Kier alpha value is -3.03. The van der Waals surface area contributed by atoms with Crippen LogP contribution in [0.2, 0.25) is 5.02 Å². The average molecular weight is 374 g/mol. The van der Waals surface area contributed by atoms with Crippen LogP contribution in [-0.4, -0.2) is 33.2 Å². The fraction of sp³-hybridized carbons (Fsp3) is 0.111. The number of aromatic nitrogens is 2. The first-order valence-corrected chi connectivity index (χ1v) is 8.07. The number of amides is 1. The number of nitrogens with zero attached hydrogens (tertiary/aromatic N) is 3. The van der Waals surface area contributed by atoms with E-state index in [1.165, 1.54) is 7.05 Å². The van der Waals surface area contributed by atoms with Gasteiger partial charge in [-0.05, 0) is 30.3 Å². The summed E-state index contributed by atoms with van der Waals surface area (Å²) in [6.07, 6.45) is 0.884. The van der Waals surface area contributed by atoms with Crippen LogP contribution in [0.4, 0.5) is 4.79 Å². The number of hydroxylamine groups is 2. The second kappa shape index (κ2) is 7.90. The van der Waals surface area contributed by atoms with Gasteiger partial charge in [0.15, 0.2) is 0 Å². The van der Waals surface area contributed by atoms with Gasteiger partial charge in [0.1, 0.15) is 12.4 Å². The Bertz CT molecular complexity index is 893. The molecule has 1 aromatic heterocycles. The van der Waals surface area contributed by atoms with Crippen molar-refractivity contribution < 1.29 is 19.5 Å². The van der Waals surface area contributed by atoms with Crippen LogP contribution in [0.3, 0.4) is 0 Å². The molecule has 1 heterocycles. The summed E-state index contributed by atoms with van der Waals surface area (Å²) in [4.78, 5) is 11.5. The van der Waals surface area contributed by atoms with Gasteiger partial charge in [0.2, 0.25) is 5.88 Å². The Balaban J connectivity index is 1.68. The number of benzene rings is 2. The maximum atomic E-state index is 11.5. The van der Waals surface area contributed by atoms with E-state index in [4.69, 9.17) is 26.3 Å². The quantitative estimate of drug-likeness (QED) is 0.541. The molecule has 0 fully saturated rings. The van der Waals surface area contributed by atoms with E-state index in [1.54, 1.807) is 53.3 Å². The molecule has 0 atom stereocenters. The molecule has 0 saturated carbocycles. The first kappa shape index (κ1) is 17.8. The zero-order valence-electron chi connectivity index (χ0n) is 13.9. The van der Waals surface area contributed by atoms with Crippen molar-refractivity contribution in [2.75, 3.05) is 7.05 Å². The highest BCUT2D eigenvalue weighted by Crippen LogP contribution is 2.21. The number of hydrogen-bond acceptors (Lipinski definition) is 5. The lowest BCUT2D eigenvalue weighted by Gasteiger charge is -2.12. The molecule has 0 unspecified atom stereocenters. The lowest BCUT2D eigenvalue weighted by atomic mass is 10.2. The summed E-state index contributed by atoms with van der Waals surface area (Å²) in [6, 6.07) is 15.9. The predicted octanol–water partition coefficient (Wildman–Crippen LogP) is 3.92. The highest BCUT2D eigenvalue weighted by molar-refractivity contribution is 6.30. The van der Waals surface area contributed by atoms with Crippen LogP contribution in [0.5, 0.6) is 11.6 Å². The molecule has 2 aromatic carbocycles. The van der Waals surface area contributed by atoms with Crippen LogP contribution in [0.25, 0.3) is 5.69 Å². The summed E-state index contributed by atoms with van der Waals surface area (Å²) >= 11 is 5.88. The zero-order chi connectivity index (χ0) is 18.5. The Morgan fingerprint density at radius 3 is 2.65 bits per heavy atom. The molecule has 0 aliphatic heterocycles. The van der Waals surface area contributed by atoms with E-state index in [-0.39, 0.29) is 6.61 Å². The highest BCUT2D eigenvalue weighted by Gasteiger charge is 2.12. The highest BCUT2D eigenvalue weighted by atomic mass is 35.5. The molecule has 0 saturated heterocycles. The maximum absolute atomic E-state index is 11.5. The number of ether oxygens (including phenoxy) is 2. The number of hydrogen-bond donors (Lipinski definition) is 1. The fourth-order valence-corrected chi connectivity index (χ4v) is 2.28. The average Bonchev–Trinajstić information content (AvgIpc) is 3.10. The van der Waals surface area contributed by atoms with Crippen molar-refractivity contribution in [2.24, 2.45) is 0 Å². The molecule has 0 bridgehead atoms. The molecule has 26 heavy (non-hydrogen) atoms. The molecule has 3 rings (SSSR count). The Labute approximate surface area is 154 Å². The summed E-state index contributed by atoms with van der Waals surface area (Å²) in [5.41, 5.74) is 1.49. The van der Waals surface area contributed by atoms with Gasteiger partial charge < -0.3 is 9.47 Å². The molecule has 134 valence electrons. The summed E-state index contributed by atoms with van der Waals surface area (Å²) < 4.78 is 12.4. The third kappa shape index (κ3) is 4.33. The van der Waals surface area contributed by atoms with Gasteiger partial charge in [0, 0.05) is 29.9 Å². The lowest BCUT2D eigenvalue weighted by Crippen LogP contribution is -2.26. The van der Waals surface area contributed by atoms with E-state index < -0.39 is 6.09 Å². The number of carbonyl (C=O) groups excluding carboxylic acids is 1. The first-order valence-electron chi connectivity index (χ1n) is 7.69. The number of rotatable bonds is 5. The van der Waals surface area contributed by atoms with Crippen LogP contribution in [0.1, 0.15) is 5.56 Å². The van der Waals surface area contributed by atoms with E-state index in [1.807, 2.05) is 12.1 Å². The zero-order valence-corrected chi connectivity index (χ0v) is 14.6. The van der Waals surface area contributed by atoms with Gasteiger partial charge >= 0.3 is 6.09 Å². The van der Waals surface area contributed by atoms with Crippen LogP contribution in [-0.2, 0) is 6.61 Å². The normalized spacial score (nSPS) is 10.4. The number of para-hydroxylation sites is 1. The first-order chi connectivity index (χ1) is 12.5. The molecular weight excluding hydrogens is 358 g/mol. The van der Waals surface area contributed by atoms with E-state index >= 15 is 0 Å². The van der Waals surface area contributed by atoms with E-state index in [2.05, 4.69) is 5.10 Å². The van der Waals surface area contributed by atoms with Gasteiger partial charge in [-0.25, -0.2) is 9.48 Å². The largest absolute Gasteiger partial charge is 0.472 e. The molecule has 0 aliphatic rings. The summed E-state index contributed by atoms with van der Waals surface area (Å²) in [7, 11) is 1.19. The van der Waals surface area contributed by atoms with Gasteiger partial charge in [0.05, 0.1) is 5.69 Å². The van der Waals surface area contributed by atoms with Gasteiger partial charge in [-0.3, -0.25) is 5.21 Å². The molecule has 0 aliphatic carbocycles. The molecule has 1 amide bonds. The molecule has 0 radical (unpaired) electrons. The monoisotopic (exact) mass is 373 g/mol. The van der Waals surface area contributed by atoms with Crippen molar-refractivity contribution in [1.29, 1.82) is 0 Å². The van der Waals surface area contributed by atoms with Gasteiger partial charge in [0.25, 0.3) is 0 Å². The topological polar surface area (TPSA) is 76.8 Å². The second-order valence-electron chi connectivity index (χ2n) is 5.36. The van der Waals surface area contributed by atoms with Gasteiger partial charge in [-0.15, -0.1) is 5.10 Å². The predicted molar refractivity (Wildman–Crippen MR) is 94.9 cm³/mol. The fourth-order valence-electron chi connectivity index (χ4n) is 2.16. The van der Waals surface area contributed by atoms with Crippen LogP contribution < -0.4 is 9.47 Å². The van der Waals surface area contributed by atoms with Crippen molar-refractivity contribution >= 4 is 17.7 Å². The lowest BCUT2D eigenvalue weighted by molar-refractivity contribution is -0.0373. The van der Waals surface area contributed by atoms with Crippen molar-refractivity contribution in [3.05, 3.63) is 71.4 Å². The third-order valence-electron chi connectivity index (χ3n) is 3.47. The molecule has 3 aromatic rings. The summed E-state index contributed by atoms with van der Waals surface area (Å²) in [6.45, 7) is 0.149. The molecule has 8 heteroatoms. The van der Waals surface area contributed by atoms with Crippen LogP contribution >= 0.6 is 11.6 Å². The third-order valence-corrected chi connectivity index (χ3v) is 3.72. The van der Waals surface area contributed by atoms with Crippen LogP contribution in [0.15, 0.2) is 60.8 Å². The Morgan fingerprint density at radius 1 is 1.19 bits per heavy atom. The van der Waals surface area contributed by atoms with Crippen LogP contribution in [0, 0.1) is 0 Å². The van der Waals surface area contributed by atoms with Gasteiger partial charge in [-0.1, -0.05) is 29.8 Å². The van der Waals surface area contributed by atoms with Gasteiger partial charge in [-0.2, -0.15) is 5.06 Å². The maximum Gasteiger partial charge on any atom is 0.438 e. The van der Waals surface area contributed by atoms with Crippen molar-refractivity contribution in [1.82, 2.24) is 14.8 Å². The smallest absolute Gasteiger partial charge is 0.438 e. The summed E-state index contributed by atoms with van der Waals surface area (Å²) in [5, 5.41) is 14.5. The van der Waals surface area contributed by atoms with E-state index in [9.17, 15) is 4.79 Å². The minimum absolute atomic E-state index is 0.149. The molecule has 7 nitrogen and oxygen atoms in total. The SMILES string of the molecule is CN(O)C(=O)Oc1ccccc1COc1ccn(-c2ccc(Cl)cc2)n1.